The molecule has 1 amide bonds. The van der Waals surface area contributed by atoms with Crippen molar-refractivity contribution in [2.24, 2.45) is 0 Å². The number of halogens is 2. The van der Waals surface area contributed by atoms with Crippen molar-refractivity contribution in [2.45, 2.75) is 44.6 Å². The SMILES string of the molecule is CC(NC(=O)c1ncc(F)cc1F)c1nc(C2CCCC2)no1. The van der Waals surface area contributed by atoms with Gasteiger partial charge in [-0.1, -0.05) is 18.0 Å². The highest BCUT2D eigenvalue weighted by Crippen LogP contribution is 2.32. The first kappa shape index (κ1) is 15.5. The third-order valence-corrected chi connectivity index (χ3v) is 3.92. The molecule has 0 bridgehead atoms. The predicted octanol–water partition coefficient (Wildman–Crippen LogP) is 2.89. The lowest BCUT2D eigenvalue weighted by Gasteiger charge is -2.09. The summed E-state index contributed by atoms with van der Waals surface area (Å²) in [5.74, 6) is -1.44. The number of hydrogen-bond donors (Lipinski definition) is 1. The molecule has 0 radical (unpaired) electrons. The van der Waals surface area contributed by atoms with Gasteiger partial charge in [0.15, 0.2) is 17.3 Å². The highest BCUT2D eigenvalue weighted by molar-refractivity contribution is 5.92. The van der Waals surface area contributed by atoms with Crippen molar-refractivity contribution in [3.05, 3.63) is 41.3 Å². The average Bonchev–Trinajstić information content (AvgIpc) is 3.18. The number of hydrogen-bond acceptors (Lipinski definition) is 5. The fourth-order valence-corrected chi connectivity index (χ4v) is 2.68. The van der Waals surface area contributed by atoms with Gasteiger partial charge in [-0.2, -0.15) is 4.98 Å². The first-order chi connectivity index (χ1) is 11.0. The topological polar surface area (TPSA) is 80.9 Å². The number of aromatic nitrogens is 3. The first-order valence-corrected chi connectivity index (χ1v) is 7.50. The van der Waals surface area contributed by atoms with Gasteiger partial charge in [0.2, 0.25) is 5.89 Å². The summed E-state index contributed by atoms with van der Waals surface area (Å²) < 4.78 is 31.5. The summed E-state index contributed by atoms with van der Waals surface area (Å²) in [7, 11) is 0. The fraction of sp³-hybridized carbons (Fsp3) is 0.467. The molecule has 8 heteroatoms. The molecule has 23 heavy (non-hydrogen) atoms. The zero-order valence-electron chi connectivity index (χ0n) is 12.6. The van der Waals surface area contributed by atoms with Gasteiger partial charge in [0.25, 0.3) is 5.91 Å². The number of nitrogens with one attached hydrogen (secondary N) is 1. The van der Waals surface area contributed by atoms with Gasteiger partial charge in [0.05, 0.1) is 6.20 Å². The molecular weight excluding hydrogens is 306 g/mol. The number of rotatable bonds is 4. The van der Waals surface area contributed by atoms with Crippen LogP contribution in [0.15, 0.2) is 16.8 Å². The Morgan fingerprint density at radius 2 is 2.13 bits per heavy atom. The highest BCUT2D eigenvalue weighted by Gasteiger charge is 2.25. The van der Waals surface area contributed by atoms with Gasteiger partial charge in [0, 0.05) is 12.0 Å². The van der Waals surface area contributed by atoms with Crippen LogP contribution in [0.1, 0.15) is 66.8 Å². The van der Waals surface area contributed by atoms with Crippen LogP contribution in [-0.4, -0.2) is 21.0 Å². The van der Waals surface area contributed by atoms with E-state index in [-0.39, 0.29) is 5.89 Å². The van der Waals surface area contributed by atoms with E-state index < -0.39 is 29.3 Å². The van der Waals surface area contributed by atoms with Crippen LogP contribution < -0.4 is 5.32 Å². The van der Waals surface area contributed by atoms with Crippen LogP contribution in [0.25, 0.3) is 0 Å². The molecule has 1 aliphatic rings. The molecule has 1 N–H and O–H groups in total. The maximum Gasteiger partial charge on any atom is 0.273 e. The predicted molar refractivity (Wildman–Crippen MR) is 75.5 cm³/mol. The number of carbonyl (C=O) groups is 1. The molecule has 2 aromatic heterocycles. The molecule has 0 aromatic carbocycles. The molecular formula is C15H16F2N4O2. The Balaban J connectivity index is 1.68. The van der Waals surface area contributed by atoms with Gasteiger partial charge in [-0.15, -0.1) is 0 Å². The first-order valence-electron chi connectivity index (χ1n) is 7.50. The van der Waals surface area contributed by atoms with Crippen LogP contribution in [0.5, 0.6) is 0 Å². The zero-order chi connectivity index (χ0) is 16.4. The second-order valence-electron chi connectivity index (χ2n) is 5.65. The minimum absolute atomic E-state index is 0.253. The van der Waals surface area contributed by atoms with Crippen LogP contribution in [0.4, 0.5) is 8.78 Å². The lowest BCUT2D eigenvalue weighted by molar-refractivity contribution is 0.0922. The van der Waals surface area contributed by atoms with Crippen LogP contribution in [0.2, 0.25) is 0 Å². The van der Waals surface area contributed by atoms with E-state index in [1.54, 1.807) is 6.92 Å². The summed E-state index contributed by atoms with van der Waals surface area (Å²) in [4.78, 5) is 19.8. The molecule has 1 fully saturated rings. The van der Waals surface area contributed by atoms with Gasteiger partial charge >= 0.3 is 0 Å². The van der Waals surface area contributed by atoms with Gasteiger partial charge in [-0.25, -0.2) is 13.8 Å². The van der Waals surface area contributed by atoms with E-state index in [0.717, 1.165) is 31.9 Å². The Bertz CT molecular complexity index is 713. The number of amides is 1. The number of nitrogens with zero attached hydrogens (tertiary/aromatic N) is 3. The lowest BCUT2D eigenvalue weighted by atomic mass is 10.1. The Labute approximate surface area is 131 Å². The summed E-state index contributed by atoms with van der Waals surface area (Å²) in [6.45, 7) is 1.64. The lowest BCUT2D eigenvalue weighted by Crippen LogP contribution is -2.28. The quantitative estimate of drug-likeness (QED) is 0.936. The maximum atomic E-state index is 13.5. The van der Waals surface area contributed by atoms with E-state index in [9.17, 15) is 13.6 Å². The largest absolute Gasteiger partial charge is 0.339 e. The van der Waals surface area contributed by atoms with Gasteiger partial charge in [-0.05, 0) is 19.8 Å². The minimum Gasteiger partial charge on any atom is -0.339 e. The van der Waals surface area contributed by atoms with Gasteiger partial charge < -0.3 is 9.84 Å². The van der Waals surface area contributed by atoms with E-state index in [4.69, 9.17) is 4.52 Å². The van der Waals surface area contributed by atoms with E-state index in [0.29, 0.717) is 17.8 Å². The second-order valence-corrected chi connectivity index (χ2v) is 5.65. The second kappa shape index (κ2) is 6.39. The molecule has 1 unspecified atom stereocenters. The third-order valence-electron chi connectivity index (χ3n) is 3.92. The van der Waals surface area contributed by atoms with Crippen molar-refractivity contribution in [2.75, 3.05) is 0 Å². The normalized spacial score (nSPS) is 16.5. The summed E-state index contributed by atoms with van der Waals surface area (Å²) in [6.07, 6.45) is 5.15. The molecule has 0 aliphatic heterocycles. The molecule has 2 heterocycles. The molecule has 0 spiro atoms. The van der Waals surface area contributed by atoms with Crippen LogP contribution in [0.3, 0.4) is 0 Å². The Kier molecular flexibility index (Phi) is 4.31. The number of carbonyl (C=O) groups excluding carboxylic acids is 1. The highest BCUT2D eigenvalue weighted by atomic mass is 19.1. The monoisotopic (exact) mass is 322 g/mol. The van der Waals surface area contributed by atoms with Crippen molar-refractivity contribution in [1.29, 1.82) is 0 Å². The Hall–Kier alpha value is -2.38. The standard InChI is InChI=1S/C15H16F2N4O2/c1-8(15-20-13(21-23-15)9-4-2-3-5-9)19-14(22)12-11(17)6-10(16)7-18-12/h6-9H,2-5H2,1H3,(H,19,22). The van der Waals surface area contributed by atoms with Gasteiger partial charge in [0.1, 0.15) is 11.9 Å². The number of pyridine rings is 1. The summed E-state index contributed by atoms with van der Waals surface area (Å²) in [5.41, 5.74) is -0.478. The minimum atomic E-state index is -1.02. The molecule has 1 saturated carbocycles. The average molecular weight is 322 g/mol. The Morgan fingerprint density at radius 1 is 1.39 bits per heavy atom. The third kappa shape index (κ3) is 3.35. The summed E-state index contributed by atoms with van der Waals surface area (Å²) >= 11 is 0. The van der Waals surface area contributed by atoms with Crippen LogP contribution in [0, 0.1) is 11.6 Å². The van der Waals surface area contributed by atoms with Crippen molar-refractivity contribution in [3.8, 4) is 0 Å². The Morgan fingerprint density at radius 3 is 2.83 bits per heavy atom. The van der Waals surface area contributed by atoms with E-state index in [1.807, 2.05) is 0 Å². The van der Waals surface area contributed by atoms with Crippen molar-refractivity contribution in [1.82, 2.24) is 20.4 Å². The van der Waals surface area contributed by atoms with E-state index >= 15 is 0 Å². The summed E-state index contributed by atoms with van der Waals surface area (Å²) in [6, 6.07) is 0.00806. The molecule has 0 saturated heterocycles. The van der Waals surface area contributed by atoms with Crippen LogP contribution >= 0.6 is 0 Å². The molecule has 1 aliphatic carbocycles. The smallest absolute Gasteiger partial charge is 0.273 e. The maximum absolute atomic E-state index is 13.5. The molecule has 2 aromatic rings. The van der Waals surface area contributed by atoms with E-state index in [1.165, 1.54) is 0 Å². The molecule has 3 rings (SSSR count). The zero-order valence-corrected chi connectivity index (χ0v) is 12.6. The van der Waals surface area contributed by atoms with Crippen molar-refractivity contribution < 1.29 is 18.1 Å². The van der Waals surface area contributed by atoms with Crippen LogP contribution in [-0.2, 0) is 0 Å². The molecule has 122 valence electrons. The van der Waals surface area contributed by atoms with E-state index in [2.05, 4.69) is 20.4 Å². The van der Waals surface area contributed by atoms with Crippen molar-refractivity contribution >= 4 is 5.91 Å². The molecule has 1 atom stereocenters. The molecule has 6 nitrogen and oxygen atoms in total. The fourth-order valence-electron chi connectivity index (χ4n) is 2.68. The summed E-state index contributed by atoms with van der Waals surface area (Å²) in [5, 5.41) is 6.47. The van der Waals surface area contributed by atoms with Crippen molar-refractivity contribution in [3.63, 3.8) is 0 Å². The van der Waals surface area contributed by atoms with Gasteiger partial charge in [-0.3, -0.25) is 4.79 Å².